The van der Waals surface area contributed by atoms with E-state index in [0.717, 1.165) is 22.9 Å². The number of hydrogen-bond donors (Lipinski definition) is 1. The van der Waals surface area contributed by atoms with Crippen molar-refractivity contribution in [2.24, 2.45) is 0 Å². The molecule has 0 radical (unpaired) electrons. The number of aromatic nitrogens is 1. The Morgan fingerprint density at radius 2 is 1.45 bits per heavy atom. The zero-order valence-corrected chi connectivity index (χ0v) is 12.0. The fraction of sp³-hybridized carbons (Fsp3) is 0.0500. The van der Waals surface area contributed by atoms with Crippen molar-refractivity contribution in [1.29, 1.82) is 0 Å². The highest BCUT2D eigenvalue weighted by Crippen LogP contribution is 2.21. The summed E-state index contributed by atoms with van der Waals surface area (Å²) in [6, 6.07) is 24.4. The van der Waals surface area contributed by atoms with E-state index >= 15 is 0 Å². The van der Waals surface area contributed by atoms with Gasteiger partial charge in [-0.3, -0.25) is 4.79 Å². The zero-order valence-electron chi connectivity index (χ0n) is 12.0. The van der Waals surface area contributed by atoms with Crippen molar-refractivity contribution >= 4 is 21.5 Å². The predicted octanol–water partition coefficient (Wildman–Crippen LogP) is 4.27. The summed E-state index contributed by atoms with van der Waals surface area (Å²) in [6.07, 6.45) is 0.724. The molecule has 0 unspecified atom stereocenters. The number of hydrogen-bond acceptors (Lipinski definition) is 1. The fourth-order valence-electron chi connectivity index (χ4n) is 2.98. The fourth-order valence-corrected chi connectivity index (χ4v) is 2.98. The molecule has 0 atom stereocenters. The first-order chi connectivity index (χ1) is 10.8. The van der Waals surface area contributed by atoms with Crippen LogP contribution < -0.4 is 5.56 Å². The van der Waals surface area contributed by atoms with E-state index in [2.05, 4.69) is 41.4 Å². The molecule has 1 aromatic heterocycles. The number of benzene rings is 3. The Morgan fingerprint density at radius 3 is 2.32 bits per heavy atom. The first-order valence-corrected chi connectivity index (χ1v) is 7.38. The maximum absolute atomic E-state index is 11.9. The molecule has 4 rings (SSSR count). The first-order valence-electron chi connectivity index (χ1n) is 7.38. The second kappa shape index (κ2) is 5.15. The van der Waals surface area contributed by atoms with Crippen LogP contribution in [0, 0.1) is 0 Å². The topological polar surface area (TPSA) is 32.9 Å². The molecule has 1 heterocycles. The third-order valence-electron chi connectivity index (χ3n) is 4.04. The van der Waals surface area contributed by atoms with Gasteiger partial charge in [-0.25, -0.2) is 0 Å². The van der Waals surface area contributed by atoms with Gasteiger partial charge in [0.05, 0.1) is 0 Å². The Labute approximate surface area is 128 Å². The quantitative estimate of drug-likeness (QED) is 0.586. The van der Waals surface area contributed by atoms with E-state index in [-0.39, 0.29) is 5.56 Å². The molecule has 0 aliphatic heterocycles. The minimum Gasteiger partial charge on any atom is -0.325 e. The lowest BCUT2D eigenvalue weighted by Gasteiger charge is -2.07. The van der Waals surface area contributed by atoms with Crippen LogP contribution >= 0.6 is 0 Å². The number of H-pyrrole nitrogens is 1. The Morgan fingerprint density at radius 1 is 0.727 bits per heavy atom. The zero-order chi connectivity index (χ0) is 14.9. The average molecular weight is 285 g/mol. The van der Waals surface area contributed by atoms with Crippen molar-refractivity contribution in [2.45, 2.75) is 6.42 Å². The summed E-state index contributed by atoms with van der Waals surface area (Å²) in [6.45, 7) is 0. The van der Waals surface area contributed by atoms with E-state index in [9.17, 15) is 4.79 Å². The minimum absolute atomic E-state index is 0.0468. The number of aromatic amines is 1. The minimum atomic E-state index is -0.0468. The molecule has 3 aromatic carbocycles. The van der Waals surface area contributed by atoms with Crippen LogP contribution in [0.1, 0.15) is 11.3 Å². The van der Waals surface area contributed by atoms with Gasteiger partial charge in [-0.15, -0.1) is 0 Å². The Balaban J connectivity index is 1.83. The summed E-state index contributed by atoms with van der Waals surface area (Å²) in [4.78, 5) is 14.8. The summed E-state index contributed by atoms with van der Waals surface area (Å²) in [5.74, 6) is 0. The maximum Gasteiger partial charge on any atom is 0.248 e. The molecule has 0 aliphatic carbocycles. The van der Waals surface area contributed by atoms with Crippen molar-refractivity contribution in [2.75, 3.05) is 0 Å². The van der Waals surface area contributed by atoms with Gasteiger partial charge in [-0.2, -0.15) is 0 Å². The van der Waals surface area contributed by atoms with E-state index in [4.69, 9.17) is 0 Å². The molecule has 0 fully saturated rings. The highest BCUT2D eigenvalue weighted by atomic mass is 16.1. The summed E-state index contributed by atoms with van der Waals surface area (Å²) in [5.41, 5.74) is 2.12. The molecule has 2 nitrogen and oxygen atoms in total. The molecule has 22 heavy (non-hydrogen) atoms. The molecular formula is C20H15NO. The lowest BCUT2D eigenvalue weighted by molar-refractivity contribution is 1.07. The predicted molar refractivity (Wildman–Crippen MR) is 91.3 cm³/mol. The highest BCUT2D eigenvalue weighted by molar-refractivity contribution is 5.85. The number of rotatable bonds is 2. The van der Waals surface area contributed by atoms with E-state index in [1.807, 2.05) is 30.3 Å². The van der Waals surface area contributed by atoms with E-state index in [0.29, 0.717) is 0 Å². The van der Waals surface area contributed by atoms with Gasteiger partial charge < -0.3 is 4.98 Å². The van der Waals surface area contributed by atoms with Crippen molar-refractivity contribution in [3.05, 3.63) is 94.4 Å². The van der Waals surface area contributed by atoms with Gasteiger partial charge in [0.15, 0.2) is 0 Å². The third-order valence-corrected chi connectivity index (χ3v) is 4.04. The second-order valence-corrected chi connectivity index (χ2v) is 5.56. The molecule has 1 N–H and O–H groups in total. The standard InChI is InChI=1S/C20H15NO/c22-20-13-17-7-3-4-8-18(17)19(21-20)12-14-9-10-15-5-1-2-6-16(15)11-14/h1-11,13H,12H2,(H,21,22). The van der Waals surface area contributed by atoms with Crippen LogP contribution in [0.3, 0.4) is 0 Å². The third kappa shape index (κ3) is 2.29. The van der Waals surface area contributed by atoms with Gasteiger partial charge in [0, 0.05) is 23.6 Å². The van der Waals surface area contributed by atoms with Crippen LogP contribution in [0.5, 0.6) is 0 Å². The van der Waals surface area contributed by atoms with Gasteiger partial charge in [0.1, 0.15) is 0 Å². The molecule has 0 spiro atoms. The SMILES string of the molecule is O=c1cc2ccccc2c(Cc2ccc3ccccc3c2)[nH]1. The molecular weight excluding hydrogens is 270 g/mol. The van der Waals surface area contributed by atoms with Crippen LogP contribution in [-0.4, -0.2) is 4.98 Å². The van der Waals surface area contributed by atoms with Crippen molar-refractivity contribution in [3.63, 3.8) is 0 Å². The highest BCUT2D eigenvalue weighted by Gasteiger charge is 2.05. The molecule has 4 aromatic rings. The van der Waals surface area contributed by atoms with Crippen LogP contribution in [0.25, 0.3) is 21.5 Å². The molecule has 0 bridgehead atoms. The lowest BCUT2D eigenvalue weighted by Crippen LogP contribution is -2.08. The van der Waals surface area contributed by atoms with Crippen LogP contribution in [0.2, 0.25) is 0 Å². The molecule has 2 heteroatoms. The Kier molecular flexibility index (Phi) is 3.01. The van der Waals surface area contributed by atoms with Crippen molar-refractivity contribution in [1.82, 2.24) is 4.98 Å². The summed E-state index contributed by atoms with van der Waals surface area (Å²) in [5, 5.41) is 4.55. The van der Waals surface area contributed by atoms with Gasteiger partial charge in [0.2, 0.25) is 5.56 Å². The largest absolute Gasteiger partial charge is 0.325 e. The molecule has 0 saturated heterocycles. The van der Waals surface area contributed by atoms with Gasteiger partial charge in [-0.1, -0.05) is 66.7 Å². The monoisotopic (exact) mass is 285 g/mol. The molecule has 0 saturated carbocycles. The Bertz CT molecular complexity index is 1030. The summed E-state index contributed by atoms with van der Waals surface area (Å²) >= 11 is 0. The molecule has 0 amide bonds. The smallest absolute Gasteiger partial charge is 0.248 e. The van der Waals surface area contributed by atoms with Crippen molar-refractivity contribution < 1.29 is 0 Å². The lowest BCUT2D eigenvalue weighted by atomic mass is 10.0. The van der Waals surface area contributed by atoms with Gasteiger partial charge in [-0.05, 0) is 21.7 Å². The first kappa shape index (κ1) is 12.8. The average Bonchev–Trinajstić information content (AvgIpc) is 2.54. The van der Waals surface area contributed by atoms with Crippen LogP contribution in [-0.2, 0) is 6.42 Å². The van der Waals surface area contributed by atoms with Crippen LogP contribution in [0.15, 0.2) is 77.6 Å². The van der Waals surface area contributed by atoms with E-state index in [1.165, 1.54) is 16.3 Å². The maximum atomic E-state index is 11.9. The number of nitrogens with one attached hydrogen (secondary N) is 1. The van der Waals surface area contributed by atoms with Crippen molar-refractivity contribution in [3.8, 4) is 0 Å². The Hall–Kier alpha value is -2.87. The second-order valence-electron chi connectivity index (χ2n) is 5.56. The summed E-state index contributed by atoms with van der Waals surface area (Å²) < 4.78 is 0. The van der Waals surface area contributed by atoms with Crippen LogP contribution in [0.4, 0.5) is 0 Å². The molecule has 0 aliphatic rings. The van der Waals surface area contributed by atoms with E-state index < -0.39 is 0 Å². The van der Waals surface area contributed by atoms with E-state index in [1.54, 1.807) is 6.07 Å². The van der Waals surface area contributed by atoms with Gasteiger partial charge >= 0.3 is 0 Å². The number of fused-ring (bicyclic) bond motifs is 2. The summed E-state index contributed by atoms with van der Waals surface area (Å²) in [7, 11) is 0. The molecule has 106 valence electrons. The normalized spacial score (nSPS) is 11.1. The number of pyridine rings is 1. The van der Waals surface area contributed by atoms with Gasteiger partial charge in [0.25, 0.3) is 0 Å².